The molecule has 7 fully saturated rings. The quantitative estimate of drug-likeness (QED) is 0.180. The number of unbranched alkanes of at least 4 members (excludes halogenated alkanes) is 4. The van der Waals surface area contributed by atoms with Crippen LogP contribution in [0.15, 0.2) is 0 Å². The Morgan fingerprint density at radius 2 is 0.973 bits per heavy atom. The van der Waals surface area contributed by atoms with E-state index in [1.54, 1.807) is 14.2 Å². The summed E-state index contributed by atoms with van der Waals surface area (Å²) in [5.41, 5.74) is 0.542. The molecule has 7 rings (SSSR count). The molecular weight excluding hydrogens is 909 g/mol. The highest BCUT2D eigenvalue weighted by molar-refractivity contribution is 4.86. The number of nitrogens with zero attached hydrogens (tertiary/aromatic N) is 4. The van der Waals surface area contributed by atoms with Crippen LogP contribution in [0, 0.1) is 35.0 Å². The molecule has 0 bridgehead atoms. The molecule has 5 heterocycles. The van der Waals surface area contributed by atoms with E-state index >= 15 is 0 Å². The average Bonchev–Trinajstić information content (AvgIpc) is 4.06. The minimum Gasteiger partial charge on any atom is -0.385 e. The van der Waals surface area contributed by atoms with Gasteiger partial charge in [0.1, 0.15) is 0 Å². The SMILES string of the molecule is C.C.CC1CCN(C)CC1.CC1CCN(C2CC2)CC1.CC1CN(C)C1.CCC(C)(C)C.CCC1CCC1.CCC1CCCO1.CCCC.CCCCC.CCCCOC.CCCOC.CCN1CCC[C@@H](C)C1. The molecule has 7 nitrogen and oxygen atoms in total. The van der Waals surface area contributed by atoms with E-state index in [0.717, 1.165) is 61.9 Å². The lowest BCUT2D eigenvalue weighted by Gasteiger charge is -2.33. The Labute approximate surface area is 472 Å². The van der Waals surface area contributed by atoms with Crippen molar-refractivity contribution >= 4 is 0 Å². The maximum absolute atomic E-state index is 5.30. The zero-order chi connectivity index (χ0) is 55.4. The number of methoxy groups -OCH3 is 2. The number of ether oxygens (including phenoxy) is 3. The first-order valence-corrected chi connectivity index (χ1v) is 31.8. The van der Waals surface area contributed by atoms with Crippen LogP contribution in [0.25, 0.3) is 0 Å². The molecule has 0 aromatic rings. The lowest BCUT2D eigenvalue weighted by molar-refractivity contribution is 0.108. The van der Waals surface area contributed by atoms with Crippen LogP contribution in [0.1, 0.15) is 287 Å². The molecule has 0 spiro atoms. The molecule has 2 atom stereocenters. The van der Waals surface area contributed by atoms with Crippen LogP contribution in [-0.4, -0.2) is 139 Å². The summed E-state index contributed by atoms with van der Waals surface area (Å²) in [5, 5.41) is 0. The molecule has 0 aromatic carbocycles. The standard InChI is InChI=1S/C9H17N.C8H17N.C7H15N.C6H12O.C6H12.C6H14.C5H11N.C5H12O.C5H12.C4H10O.C4H10.2CH4/c1-8-4-6-10(7-5-8)9-2-3-9;1-3-9-6-4-5-8(2)7-9;1-7-3-5-8(2)6-4-7;1-2-6-4-3-5-7-6;1-2-6-4-3-5-6;1-5-6(2,3)4;1-5-3-6(2)4-5;1-3-4-5-6-2;1-3-5-4-2;1-3-4-5-2;1-3-4-2;;/h8-9H,2-7H2,1H3;8H,3-7H2,1-2H3;7H,3-6H2,1-2H3;6H,2-5H2,1H3;6H,2-5H2,1H3;5H2,1-4H3;5H,3-4H2,1-2H3;3-5H2,1-2H3;3-5H2,1-2H3;3-4H2,1-2H3;3-4H2,1-2H3;2*1H4/t;8-;;;;;;;;;;;/m.1.........../s1. The Bertz CT molecular complexity index is 941. The van der Waals surface area contributed by atoms with Gasteiger partial charge in [-0.25, -0.2) is 0 Å². The molecular formula is C67H150N4O3. The minimum atomic E-state index is 0. The van der Waals surface area contributed by atoms with Crippen molar-refractivity contribution in [3.8, 4) is 0 Å². The van der Waals surface area contributed by atoms with Gasteiger partial charge in [-0.2, -0.15) is 0 Å². The van der Waals surface area contributed by atoms with Crippen molar-refractivity contribution in [1.82, 2.24) is 19.6 Å². The predicted molar refractivity (Wildman–Crippen MR) is 341 cm³/mol. The van der Waals surface area contributed by atoms with Gasteiger partial charge in [-0.1, -0.05) is 203 Å². The molecule has 2 aliphatic carbocycles. The molecule has 1 unspecified atom stereocenters. The first-order valence-electron chi connectivity index (χ1n) is 31.8. The molecule has 5 saturated heterocycles. The van der Waals surface area contributed by atoms with Gasteiger partial charge >= 0.3 is 0 Å². The third-order valence-electron chi connectivity index (χ3n) is 15.0. The van der Waals surface area contributed by atoms with Gasteiger partial charge in [0.15, 0.2) is 0 Å². The fraction of sp³-hybridized carbons (Fsp3) is 1.00. The molecule has 0 N–H and O–H groups in total. The maximum atomic E-state index is 5.30. The molecule has 5 aliphatic heterocycles. The third kappa shape index (κ3) is 64.2. The molecule has 0 radical (unpaired) electrons. The van der Waals surface area contributed by atoms with Crippen LogP contribution >= 0.6 is 0 Å². The second kappa shape index (κ2) is 61.9. The monoisotopic (exact) mass is 1060 g/mol. The van der Waals surface area contributed by atoms with Gasteiger partial charge in [0.2, 0.25) is 0 Å². The van der Waals surface area contributed by atoms with E-state index < -0.39 is 0 Å². The van der Waals surface area contributed by atoms with Gasteiger partial charge in [0, 0.05) is 59.7 Å². The van der Waals surface area contributed by atoms with Crippen molar-refractivity contribution in [3.63, 3.8) is 0 Å². The van der Waals surface area contributed by atoms with E-state index in [9.17, 15) is 0 Å². The molecule has 2 saturated carbocycles. The molecule has 7 heteroatoms. The second-order valence-corrected chi connectivity index (χ2v) is 24.3. The lowest BCUT2D eigenvalue weighted by Crippen LogP contribution is -2.41. The summed E-state index contributed by atoms with van der Waals surface area (Å²) in [5.74, 6) is 5.00. The Balaban J connectivity index is -0.000000173. The molecule has 74 heavy (non-hydrogen) atoms. The minimum absolute atomic E-state index is 0. The van der Waals surface area contributed by atoms with E-state index in [1.165, 1.54) is 207 Å². The molecule has 456 valence electrons. The highest BCUT2D eigenvalue weighted by Crippen LogP contribution is 2.30. The van der Waals surface area contributed by atoms with Crippen molar-refractivity contribution in [1.29, 1.82) is 0 Å². The first kappa shape index (κ1) is 85.0. The van der Waals surface area contributed by atoms with Gasteiger partial charge in [-0.15, -0.1) is 0 Å². The largest absolute Gasteiger partial charge is 0.385 e. The number of piperidine rings is 3. The first-order chi connectivity index (χ1) is 34.3. The van der Waals surface area contributed by atoms with Crippen LogP contribution in [-0.2, 0) is 14.2 Å². The molecule has 0 amide bonds. The third-order valence-corrected chi connectivity index (χ3v) is 15.0. The summed E-state index contributed by atoms with van der Waals surface area (Å²) in [6.45, 7) is 52.7. The summed E-state index contributed by atoms with van der Waals surface area (Å²) < 4.78 is 14.8. The van der Waals surface area contributed by atoms with Gasteiger partial charge in [0.05, 0.1) is 6.10 Å². The fourth-order valence-electron chi connectivity index (χ4n) is 8.27. The van der Waals surface area contributed by atoms with Crippen molar-refractivity contribution in [3.05, 3.63) is 0 Å². The van der Waals surface area contributed by atoms with E-state index in [2.05, 4.69) is 151 Å². The number of hydrogen-bond acceptors (Lipinski definition) is 7. The maximum Gasteiger partial charge on any atom is 0.0573 e. The van der Waals surface area contributed by atoms with Crippen molar-refractivity contribution in [2.24, 2.45) is 35.0 Å². The Morgan fingerprint density at radius 1 is 0.473 bits per heavy atom. The average molecular weight is 1060 g/mol. The number of rotatable bonds is 12. The van der Waals surface area contributed by atoms with Gasteiger partial charge < -0.3 is 33.8 Å². The topological polar surface area (TPSA) is 40.7 Å². The van der Waals surface area contributed by atoms with E-state index in [4.69, 9.17) is 14.2 Å². The lowest BCUT2D eigenvalue weighted by atomic mass is 9.84. The molecule has 0 aromatic heterocycles. The zero-order valence-electron chi connectivity index (χ0n) is 54.0. The summed E-state index contributed by atoms with van der Waals surface area (Å²) in [4.78, 5) is 9.94. The summed E-state index contributed by atoms with van der Waals surface area (Å²) in [6.07, 6.45) is 33.3. The van der Waals surface area contributed by atoms with Gasteiger partial charge in [-0.3, -0.25) is 0 Å². The zero-order valence-corrected chi connectivity index (χ0v) is 54.0. The van der Waals surface area contributed by atoms with Gasteiger partial charge in [-0.05, 0) is 172 Å². The van der Waals surface area contributed by atoms with Crippen LogP contribution in [0.2, 0.25) is 0 Å². The number of likely N-dealkylation sites (tertiary alicyclic amines) is 4. The second-order valence-electron chi connectivity index (χ2n) is 24.3. The normalized spacial score (nSPS) is 21.0. The van der Waals surface area contributed by atoms with Crippen molar-refractivity contribution < 1.29 is 14.2 Å². The van der Waals surface area contributed by atoms with Crippen LogP contribution in [0.5, 0.6) is 0 Å². The van der Waals surface area contributed by atoms with E-state index in [0.29, 0.717) is 11.5 Å². The van der Waals surface area contributed by atoms with Crippen LogP contribution in [0.3, 0.4) is 0 Å². The Kier molecular flexibility index (Phi) is 71.1. The smallest absolute Gasteiger partial charge is 0.0573 e. The summed E-state index contributed by atoms with van der Waals surface area (Å²) in [7, 11) is 7.80. The highest BCUT2D eigenvalue weighted by atomic mass is 16.5. The van der Waals surface area contributed by atoms with E-state index in [-0.39, 0.29) is 14.9 Å². The molecule has 7 aliphatic rings. The number of hydrogen-bond donors (Lipinski definition) is 0. The van der Waals surface area contributed by atoms with Crippen LogP contribution in [0.4, 0.5) is 0 Å². The van der Waals surface area contributed by atoms with E-state index in [1.807, 2.05) is 0 Å². The summed E-state index contributed by atoms with van der Waals surface area (Å²) >= 11 is 0. The highest BCUT2D eigenvalue weighted by Gasteiger charge is 2.30. The Hall–Kier alpha value is -0.280. The fourth-order valence-corrected chi connectivity index (χ4v) is 8.27. The van der Waals surface area contributed by atoms with Crippen LogP contribution < -0.4 is 0 Å². The predicted octanol–water partition coefficient (Wildman–Crippen LogP) is 19.5. The summed E-state index contributed by atoms with van der Waals surface area (Å²) in [6, 6.07) is 1.01. The van der Waals surface area contributed by atoms with Crippen molar-refractivity contribution in [2.75, 3.05) is 107 Å². The Morgan fingerprint density at radius 3 is 1.16 bits per heavy atom. The van der Waals surface area contributed by atoms with Gasteiger partial charge in [0.25, 0.3) is 0 Å². The van der Waals surface area contributed by atoms with Crippen molar-refractivity contribution in [2.45, 2.75) is 299 Å².